The molecule has 1 heteroatoms. The molecule has 0 aliphatic heterocycles. The first-order valence-corrected chi connectivity index (χ1v) is 11.8. The molecule has 2 aliphatic rings. The summed E-state index contributed by atoms with van der Waals surface area (Å²) >= 11 is 0. The Kier molecular flexibility index (Phi) is 4.39. The van der Waals surface area contributed by atoms with Gasteiger partial charge in [-0.25, -0.2) is 0 Å². The molecule has 1 nitrogen and oxygen atoms in total. The van der Waals surface area contributed by atoms with E-state index < -0.39 is 0 Å². The third-order valence-corrected chi connectivity index (χ3v) is 7.78. The summed E-state index contributed by atoms with van der Waals surface area (Å²) in [7, 11) is 0. The van der Waals surface area contributed by atoms with E-state index in [4.69, 9.17) is 0 Å². The van der Waals surface area contributed by atoms with Crippen LogP contribution in [0.25, 0.3) is 21.9 Å². The lowest BCUT2D eigenvalue weighted by atomic mass is 9.67. The first kappa shape index (κ1) is 20.1. The van der Waals surface area contributed by atoms with Crippen LogP contribution in [0.4, 0.5) is 5.69 Å². The van der Waals surface area contributed by atoms with Crippen LogP contribution in [0.1, 0.15) is 31.9 Å². The highest BCUT2D eigenvalue weighted by atomic mass is 14.9. The molecule has 2 unspecified atom stereocenters. The third-order valence-electron chi connectivity index (χ3n) is 7.78. The molecule has 0 amide bonds. The van der Waals surface area contributed by atoms with Crippen LogP contribution in [0.15, 0.2) is 115 Å². The van der Waals surface area contributed by atoms with Crippen LogP contribution >= 0.6 is 0 Å². The zero-order valence-electron chi connectivity index (χ0n) is 19.5. The summed E-state index contributed by atoms with van der Waals surface area (Å²) in [6, 6.07) is 32.9. The molecule has 4 aromatic rings. The number of hydrogen-bond acceptors (Lipinski definition) is 1. The fourth-order valence-corrected chi connectivity index (χ4v) is 6.17. The molecular formula is C32H29N. The van der Waals surface area contributed by atoms with Gasteiger partial charge in [0.15, 0.2) is 0 Å². The number of allylic oxidation sites excluding steroid dienone is 3. The van der Waals surface area contributed by atoms with E-state index >= 15 is 0 Å². The summed E-state index contributed by atoms with van der Waals surface area (Å²) in [6.45, 7) is 7.15. The molecule has 0 radical (unpaired) electrons. The minimum absolute atomic E-state index is 0.00681. The lowest BCUT2D eigenvalue weighted by Gasteiger charge is -2.37. The van der Waals surface area contributed by atoms with E-state index in [1.165, 1.54) is 33.0 Å². The highest BCUT2D eigenvalue weighted by molar-refractivity contribution is 5.87. The second-order valence-corrected chi connectivity index (χ2v) is 10.3. The number of anilines is 1. The predicted octanol–water partition coefficient (Wildman–Crippen LogP) is 8.24. The lowest BCUT2D eigenvalue weighted by Crippen LogP contribution is -2.35. The minimum Gasteiger partial charge on any atom is -0.356 e. The summed E-state index contributed by atoms with van der Waals surface area (Å²) in [5, 5.41) is 6.24. The van der Waals surface area contributed by atoms with E-state index in [9.17, 15) is 0 Å². The molecule has 0 fully saturated rings. The number of benzene rings is 4. The van der Waals surface area contributed by atoms with Crippen molar-refractivity contribution in [3.05, 3.63) is 126 Å². The molecular weight excluding hydrogens is 398 g/mol. The Balaban J connectivity index is 1.33. The van der Waals surface area contributed by atoms with Crippen LogP contribution in [0.3, 0.4) is 0 Å². The van der Waals surface area contributed by atoms with Gasteiger partial charge in [0.2, 0.25) is 0 Å². The highest BCUT2D eigenvalue weighted by Gasteiger charge is 2.52. The van der Waals surface area contributed by atoms with Crippen molar-refractivity contribution in [2.45, 2.75) is 31.6 Å². The Bertz CT molecular complexity index is 1440. The standard InChI is InChI=1S/C32H29N/c1-31(2)28-13-6-7-14-29(28)32(3)21-27(17-18-30(31)32)33-26-12-8-11-24(20-26)25-16-15-22-9-4-5-10-23(22)19-25/h4-21,30,33H,1-3H3. The Morgan fingerprint density at radius 3 is 2.24 bits per heavy atom. The van der Waals surface area contributed by atoms with Gasteiger partial charge in [0.25, 0.3) is 0 Å². The zero-order valence-corrected chi connectivity index (χ0v) is 19.5. The van der Waals surface area contributed by atoms with Crippen LogP contribution < -0.4 is 5.32 Å². The zero-order chi connectivity index (χ0) is 22.6. The fourth-order valence-electron chi connectivity index (χ4n) is 6.17. The largest absolute Gasteiger partial charge is 0.356 e. The highest BCUT2D eigenvalue weighted by Crippen LogP contribution is 2.56. The maximum Gasteiger partial charge on any atom is 0.0390 e. The normalized spacial score (nSPS) is 22.5. The van der Waals surface area contributed by atoms with Gasteiger partial charge in [0, 0.05) is 16.8 Å². The first-order valence-electron chi connectivity index (χ1n) is 11.8. The van der Waals surface area contributed by atoms with Gasteiger partial charge in [0.1, 0.15) is 0 Å². The SMILES string of the molecule is CC1(C)c2ccccc2C2(C)C=C(Nc3cccc(-c4ccc5ccccc5c4)c3)C=CC12. The Morgan fingerprint density at radius 2 is 1.39 bits per heavy atom. The molecule has 0 saturated heterocycles. The van der Waals surface area contributed by atoms with E-state index in [1.807, 2.05) is 0 Å². The van der Waals surface area contributed by atoms with E-state index in [1.54, 1.807) is 0 Å². The third kappa shape index (κ3) is 3.15. The summed E-state index contributed by atoms with van der Waals surface area (Å²) in [6.07, 6.45) is 7.12. The van der Waals surface area contributed by atoms with E-state index in [0.717, 1.165) is 11.4 Å². The maximum atomic E-state index is 3.70. The number of hydrogen-bond donors (Lipinski definition) is 1. The quantitative estimate of drug-likeness (QED) is 0.347. The van der Waals surface area contributed by atoms with Crippen molar-refractivity contribution in [3.63, 3.8) is 0 Å². The molecule has 0 spiro atoms. The van der Waals surface area contributed by atoms with Crippen LogP contribution in [0, 0.1) is 5.92 Å². The van der Waals surface area contributed by atoms with E-state index in [0.29, 0.717) is 5.92 Å². The molecule has 0 aromatic heterocycles. The van der Waals surface area contributed by atoms with Crippen LogP contribution in [0.2, 0.25) is 0 Å². The molecule has 0 heterocycles. The second kappa shape index (κ2) is 7.22. The summed E-state index contributed by atoms with van der Waals surface area (Å²) in [5.41, 5.74) is 7.78. The van der Waals surface area contributed by atoms with Crippen LogP contribution in [-0.4, -0.2) is 0 Å². The number of nitrogens with one attached hydrogen (secondary N) is 1. The summed E-state index contributed by atoms with van der Waals surface area (Å²) < 4.78 is 0. The fraction of sp³-hybridized carbons (Fsp3) is 0.188. The number of fused-ring (bicyclic) bond motifs is 4. The monoisotopic (exact) mass is 427 g/mol. The predicted molar refractivity (Wildman–Crippen MR) is 141 cm³/mol. The Morgan fingerprint density at radius 1 is 0.667 bits per heavy atom. The molecule has 2 atom stereocenters. The number of rotatable bonds is 3. The average Bonchev–Trinajstić information content (AvgIpc) is 3.01. The molecule has 1 N–H and O–H groups in total. The molecule has 6 rings (SSSR count). The van der Waals surface area contributed by atoms with Gasteiger partial charge in [-0.3, -0.25) is 0 Å². The Hall–Kier alpha value is -3.58. The van der Waals surface area contributed by atoms with Crippen molar-refractivity contribution in [1.82, 2.24) is 0 Å². The van der Waals surface area contributed by atoms with Crippen molar-refractivity contribution in [1.29, 1.82) is 0 Å². The van der Waals surface area contributed by atoms with Gasteiger partial charge in [-0.1, -0.05) is 99.6 Å². The van der Waals surface area contributed by atoms with Gasteiger partial charge in [-0.15, -0.1) is 0 Å². The topological polar surface area (TPSA) is 12.0 Å². The van der Waals surface area contributed by atoms with E-state index in [-0.39, 0.29) is 10.8 Å². The summed E-state index contributed by atoms with van der Waals surface area (Å²) in [5.74, 6) is 0.455. The van der Waals surface area contributed by atoms with Gasteiger partial charge >= 0.3 is 0 Å². The van der Waals surface area contributed by atoms with Crippen molar-refractivity contribution >= 4 is 16.5 Å². The smallest absolute Gasteiger partial charge is 0.0390 e. The van der Waals surface area contributed by atoms with Crippen molar-refractivity contribution < 1.29 is 0 Å². The molecule has 0 bridgehead atoms. The van der Waals surface area contributed by atoms with Crippen molar-refractivity contribution in [2.24, 2.45) is 5.92 Å². The molecule has 162 valence electrons. The maximum absolute atomic E-state index is 3.70. The van der Waals surface area contributed by atoms with Gasteiger partial charge in [0.05, 0.1) is 0 Å². The second-order valence-electron chi connectivity index (χ2n) is 10.3. The van der Waals surface area contributed by atoms with Gasteiger partial charge < -0.3 is 5.32 Å². The summed E-state index contributed by atoms with van der Waals surface area (Å²) in [4.78, 5) is 0. The van der Waals surface area contributed by atoms with Crippen molar-refractivity contribution in [3.8, 4) is 11.1 Å². The van der Waals surface area contributed by atoms with Gasteiger partial charge in [-0.2, -0.15) is 0 Å². The Labute approximate surface area is 196 Å². The lowest BCUT2D eigenvalue weighted by molar-refractivity contribution is 0.322. The van der Waals surface area contributed by atoms with Crippen LogP contribution in [-0.2, 0) is 10.8 Å². The molecule has 4 aromatic carbocycles. The molecule has 0 saturated carbocycles. The first-order chi connectivity index (χ1) is 15.9. The molecule has 2 aliphatic carbocycles. The minimum atomic E-state index is -0.00681. The van der Waals surface area contributed by atoms with E-state index in [2.05, 4.69) is 135 Å². The van der Waals surface area contributed by atoms with Gasteiger partial charge in [-0.05, 0) is 74.7 Å². The average molecular weight is 428 g/mol. The van der Waals surface area contributed by atoms with Crippen LogP contribution in [0.5, 0.6) is 0 Å². The van der Waals surface area contributed by atoms with Crippen molar-refractivity contribution in [2.75, 3.05) is 5.32 Å². The molecule has 33 heavy (non-hydrogen) atoms.